The van der Waals surface area contributed by atoms with Gasteiger partial charge < -0.3 is 15.1 Å². The van der Waals surface area contributed by atoms with Gasteiger partial charge in [-0.1, -0.05) is 0 Å². The zero-order valence-electron chi connectivity index (χ0n) is 7.57. The smallest absolute Gasteiger partial charge is 0.323 e. The van der Waals surface area contributed by atoms with Crippen LogP contribution in [0, 0.1) is 0 Å². The molecule has 80 valence electrons. The van der Waals surface area contributed by atoms with E-state index in [-0.39, 0.29) is 5.95 Å². The maximum atomic E-state index is 10.5. The maximum Gasteiger partial charge on any atom is 0.323 e. The Bertz CT molecular complexity index is 339. The lowest BCUT2D eigenvalue weighted by Gasteiger charge is -2.16. The van der Waals surface area contributed by atoms with E-state index < -0.39 is 25.0 Å². The fourth-order valence-corrected chi connectivity index (χ4v) is 0.920. The third kappa shape index (κ3) is 3.55. The van der Waals surface area contributed by atoms with Gasteiger partial charge >= 0.3 is 11.9 Å². The van der Waals surface area contributed by atoms with Crippen molar-refractivity contribution in [1.29, 1.82) is 0 Å². The molecular formula is C7H8N4O4. The first kappa shape index (κ1) is 10.8. The second-order valence-electron chi connectivity index (χ2n) is 2.58. The summed E-state index contributed by atoms with van der Waals surface area (Å²) in [4.78, 5) is 32.8. The number of carboxylic acids is 2. The summed E-state index contributed by atoms with van der Waals surface area (Å²) in [5.41, 5.74) is 0. The number of carbonyl (C=O) groups is 2. The zero-order chi connectivity index (χ0) is 11.3. The molecule has 0 bridgehead atoms. The monoisotopic (exact) mass is 212 g/mol. The minimum absolute atomic E-state index is 0.0230. The summed E-state index contributed by atoms with van der Waals surface area (Å²) in [6, 6.07) is 0. The Morgan fingerprint density at radius 2 is 1.60 bits per heavy atom. The summed E-state index contributed by atoms with van der Waals surface area (Å²) in [5, 5.41) is 17.1. The molecule has 0 saturated heterocycles. The normalized spacial score (nSPS) is 9.60. The third-order valence-corrected chi connectivity index (χ3v) is 1.41. The van der Waals surface area contributed by atoms with Crippen LogP contribution < -0.4 is 4.90 Å². The predicted octanol–water partition coefficient (Wildman–Crippen LogP) is -1.15. The first-order valence-electron chi connectivity index (χ1n) is 3.90. The summed E-state index contributed by atoms with van der Waals surface area (Å²) in [7, 11) is 0. The molecule has 0 aliphatic carbocycles. The topological polar surface area (TPSA) is 117 Å². The van der Waals surface area contributed by atoms with Gasteiger partial charge in [-0.25, -0.2) is 15.0 Å². The van der Waals surface area contributed by atoms with Gasteiger partial charge in [0.1, 0.15) is 25.7 Å². The van der Waals surface area contributed by atoms with E-state index in [1.165, 1.54) is 12.7 Å². The quantitative estimate of drug-likeness (QED) is 0.628. The van der Waals surface area contributed by atoms with E-state index in [1.54, 1.807) is 0 Å². The number of anilines is 1. The van der Waals surface area contributed by atoms with Gasteiger partial charge in [-0.05, 0) is 0 Å². The Morgan fingerprint density at radius 1 is 1.13 bits per heavy atom. The van der Waals surface area contributed by atoms with Crippen LogP contribution in [0.1, 0.15) is 0 Å². The van der Waals surface area contributed by atoms with Crippen LogP contribution in [0.2, 0.25) is 0 Å². The first-order valence-corrected chi connectivity index (χ1v) is 3.90. The molecule has 0 aromatic carbocycles. The highest BCUT2D eigenvalue weighted by atomic mass is 16.4. The van der Waals surface area contributed by atoms with E-state index in [2.05, 4.69) is 15.0 Å². The zero-order valence-corrected chi connectivity index (χ0v) is 7.57. The van der Waals surface area contributed by atoms with Crippen molar-refractivity contribution in [2.75, 3.05) is 18.0 Å². The molecule has 0 saturated carbocycles. The number of carboxylic acid groups (broad SMARTS) is 2. The van der Waals surface area contributed by atoms with E-state index in [1.807, 2.05) is 0 Å². The van der Waals surface area contributed by atoms with Gasteiger partial charge in [0.2, 0.25) is 5.95 Å². The van der Waals surface area contributed by atoms with Crippen molar-refractivity contribution in [1.82, 2.24) is 15.0 Å². The molecular weight excluding hydrogens is 204 g/mol. The summed E-state index contributed by atoms with van der Waals surface area (Å²) in [6.07, 6.45) is 2.33. The molecule has 0 amide bonds. The van der Waals surface area contributed by atoms with Crippen LogP contribution in [-0.2, 0) is 9.59 Å². The largest absolute Gasteiger partial charge is 0.480 e. The summed E-state index contributed by atoms with van der Waals surface area (Å²) in [6.45, 7) is -0.952. The molecule has 0 aliphatic heterocycles. The Balaban J connectivity index is 2.81. The molecule has 0 unspecified atom stereocenters. The van der Waals surface area contributed by atoms with Crippen molar-refractivity contribution >= 4 is 17.9 Å². The van der Waals surface area contributed by atoms with Crippen molar-refractivity contribution in [2.24, 2.45) is 0 Å². The summed E-state index contributed by atoms with van der Waals surface area (Å²) >= 11 is 0. The van der Waals surface area contributed by atoms with E-state index in [4.69, 9.17) is 10.2 Å². The minimum atomic E-state index is -1.16. The van der Waals surface area contributed by atoms with Gasteiger partial charge in [-0.15, -0.1) is 0 Å². The minimum Gasteiger partial charge on any atom is -0.480 e. The van der Waals surface area contributed by atoms with Crippen molar-refractivity contribution in [3.63, 3.8) is 0 Å². The molecule has 0 fully saturated rings. The molecule has 0 atom stereocenters. The average molecular weight is 212 g/mol. The molecule has 2 N–H and O–H groups in total. The summed E-state index contributed by atoms with van der Waals surface area (Å²) < 4.78 is 0. The predicted molar refractivity (Wildman–Crippen MR) is 47.3 cm³/mol. The highest BCUT2D eigenvalue weighted by Crippen LogP contribution is 2.02. The number of hydrogen-bond donors (Lipinski definition) is 2. The average Bonchev–Trinajstić information content (AvgIpc) is 2.17. The highest BCUT2D eigenvalue weighted by Gasteiger charge is 2.15. The number of aliphatic carboxylic acids is 2. The van der Waals surface area contributed by atoms with Crippen molar-refractivity contribution in [3.8, 4) is 0 Å². The molecule has 8 nitrogen and oxygen atoms in total. The molecule has 0 aliphatic rings. The van der Waals surface area contributed by atoms with E-state index in [0.29, 0.717) is 0 Å². The van der Waals surface area contributed by atoms with Crippen LogP contribution in [0.5, 0.6) is 0 Å². The Labute approximate surface area is 84.2 Å². The van der Waals surface area contributed by atoms with Gasteiger partial charge in [-0.3, -0.25) is 9.59 Å². The van der Waals surface area contributed by atoms with Gasteiger partial charge in [-0.2, -0.15) is 0 Å². The number of hydrogen-bond acceptors (Lipinski definition) is 6. The van der Waals surface area contributed by atoms with Crippen molar-refractivity contribution in [2.45, 2.75) is 0 Å². The SMILES string of the molecule is O=C(O)CN(CC(=O)O)c1ncncn1. The second kappa shape index (κ2) is 4.84. The van der Waals surface area contributed by atoms with Crippen LogP contribution in [-0.4, -0.2) is 50.2 Å². The molecule has 1 aromatic heterocycles. The van der Waals surface area contributed by atoms with Crippen molar-refractivity contribution < 1.29 is 19.8 Å². The maximum absolute atomic E-state index is 10.5. The lowest BCUT2D eigenvalue weighted by atomic mass is 10.5. The van der Waals surface area contributed by atoms with E-state index >= 15 is 0 Å². The number of aromatic nitrogens is 3. The van der Waals surface area contributed by atoms with Crippen LogP contribution in [0.4, 0.5) is 5.95 Å². The van der Waals surface area contributed by atoms with Crippen molar-refractivity contribution in [3.05, 3.63) is 12.7 Å². The lowest BCUT2D eigenvalue weighted by Crippen LogP contribution is -2.35. The van der Waals surface area contributed by atoms with Gasteiger partial charge in [0.25, 0.3) is 0 Å². The lowest BCUT2D eigenvalue weighted by molar-refractivity contribution is -0.136. The number of nitrogens with zero attached hydrogens (tertiary/aromatic N) is 4. The van der Waals surface area contributed by atoms with E-state index in [9.17, 15) is 9.59 Å². The molecule has 0 radical (unpaired) electrons. The fourth-order valence-electron chi connectivity index (χ4n) is 0.920. The molecule has 8 heteroatoms. The third-order valence-electron chi connectivity index (χ3n) is 1.41. The molecule has 15 heavy (non-hydrogen) atoms. The Hall–Kier alpha value is -2.25. The van der Waals surface area contributed by atoms with Gasteiger partial charge in [0.15, 0.2) is 0 Å². The molecule has 1 heterocycles. The Kier molecular flexibility index (Phi) is 3.49. The second-order valence-corrected chi connectivity index (χ2v) is 2.58. The van der Waals surface area contributed by atoms with Crippen LogP contribution in [0.3, 0.4) is 0 Å². The fraction of sp³-hybridized carbons (Fsp3) is 0.286. The number of rotatable bonds is 5. The first-order chi connectivity index (χ1) is 7.09. The molecule has 1 aromatic rings. The van der Waals surface area contributed by atoms with Gasteiger partial charge in [0, 0.05) is 0 Å². The van der Waals surface area contributed by atoms with E-state index in [0.717, 1.165) is 4.90 Å². The molecule has 0 spiro atoms. The van der Waals surface area contributed by atoms with Crippen LogP contribution in [0.25, 0.3) is 0 Å². The standard InChI is InChI=1S/C7H8N4O4/c12-5(13)1-11(2-6(14)15)7-9-3-8-4-10-7/h3-4H,1-2H2,(H,12,13)(H,14,15). The van der Waals surface area contributed by atoms with Crippen LogP contribution in [0.15, 0.2) is 12.7 Å². The van der Waals surface area contributed by atoms with Crippen LogP contribution >= 0.6 is 0 Å². The Morgan fingerprint density at radius 3 is 2.00 bits per heavy atom. The summed E-state index contributed by atoms with van der Waals surface area (Å²) in [5.74, 6) is -2.29. The van der Waals surface area contributed by atoms with Gasteiger partial charge in [0.05, 0.1) is 0 Å². The molecule has 1 rings (SSSR count). The highest BCUT2D eigenvalue weighted by molar-refractivity contribution is 5.78.